The van der Waals surface area contributed by atoms with E-state index in [4.69, 9.17) is 14.4 Å². The number of hydrogen-bond acceptors (Lipinski definition) is 5. The Labute approximate surface area is 292 Å². The molecule has 1 N–H and O–H groups in total. The van der Waals surface area contributed by atoms with Gasteiger partial charge in [0.25, 0.3) is 0 Å². The average Bonchev–Trinajstić information content (AvgIpc) is 3.77. The smallest absolute Gasteiger partial charge is 0.159 e. The van der Waals surface area contributed by atoms with Crippen LogP contribution in [-0.4, -0.2) is 11.7 Å². The van der Waals surface area contributed by atoms with Crippen LogP contribution in [0.15, 0.2) is 178 Å². The number of fused-ring (bicyclic) bond motifs is 6. The van der Waals surface area contributed by atoms with Crippen LogP contribution in [0.25, 0.3) is 64.4 Å². The van der Waals surface area contributed by atoms with E-state index in [0.29, 0.717) is 5.84 Å². The molecule has 50 heavy (non-hydrogen) atoms. The lowest BCUT2D eigenvalue weighted by atomic mass is 9.95. The molecule has 7 aromatic carbocycles. The fourth-order valence-electron chi connectivity index (χ4n) is 7.16. The fraction of sp³-hybridized carbons (Fsp3) is 0.0222. The molecule has 0 saturated heterocycles. The largest absolute Gasteiger partial charge is 0.456 e. The molecular weight excluding hydrogens is 631 g/mol. The van der Waals surface area contributed by atoms with Crippen molar-refractivity contribution >= 4 is 65.1 Å². The van der Waals surface area contributed by atoms with E-state index in [1.165, 1.54) is 31.3 Å². The minimum absolute atomic E-state index is 0.310. The summed E-state index contributed by atoms with van der Waals surface area (Å²) in [6.07, 6.45) is -0.310. The molecule has 0 spiro atoms. The van der Waals surface area contributed by atoms with Crippen LogP contribution in [0, 0.1) is 0 Å². The third-order valence-electron chi connectivity index (χ3n) is 9.58. The Morgan fingerprint density at radius 1 is 0.500 bits per heavy atom. The summed E-state index contributed by atoms with van der Waals surface area (Å²) in [5.41, 5.74) is 9.35. The maximum absolute atomic E-state index is 6.53. The quantitative estimate of drug-likeness (QED) is 0.200. The molecule has 1 atom stereocenters. The lowest BCUT2D eigenvalue weighted by Gasteiger charge is -2.24. The van der Waals surface area contributed by atoms with E-state index in [1.54, 1.807) is 11.3 Å². The van der Waals surface area contributed by atoms with Crippen LogP contribution in [-0.2, 0) is 0 Å². The predicted molar refractivity (Wildman–Crippen MR) is 209 cm³/mol. The number of nitrogens with zero attached hydrogens (tertiary/aromatic N) is 2. The van der Waals surface area contributed by atoms with Crippen LogP contribution < -0.4 is 5.32 Å². The first-order valence-corrected chi connectivity index (χ1v) is 17.6. The van der Waals surface area contributed by atoms with Crippen molar-refractivity contribution in [2.24, 2.45) is 9.98 Å². The van der Waals surface area contributed by atoms with Gasteiger partial charge in [-0.25, -0.2) is 9.98 Å². The minimum Gasteiger partial charge on any atom is -0.456 e. The van der Waals surface area contributed by atoms with Gasteiger partial charge in [0.2, 0.25) is 0 Å². The van der Waals surface area contributed by atoms with Crippen molar-refractivity contribution in [1.29, 1.82) is 0 Å². The molecule has 9 aromatic rings. The van der Waals surface area contributed by atoms with Crippen molar-refractivity contribution in [3.05, 3.63) is 180 Å². The Bertz CT molecular complexity index is 2780. The Kier molecular flexibility index (Phi) is 6.71. The van der Waals surface area contributed by atoms with Crippen LogP contribution >= 0.6 is 11.3 Å². The highest BCUT2D eigenvalue weighted by Crippen LogP contribution is 2.40. The van der Waals surface area contributed by atoms with Gasteiger partial charge in [-0.2, -0.15) is 0 Å². The second-order valence-corrected chi connectivity index (χ2v) is 13.7. The first kappa shape index (κ1) is 28.7. The van der Waals surface area contributed by atoms with Gasteiger partial charge in [-0.15, -0.1) is 11.3 Å². The van der Waals surface area contributed by atoms with E-state index in [1.807, 2.05) is 24.3 Å². The van der Waals surface area contributed by atoms with Gasteiger partial charge >= 0.3 is 0 Å². The molecule has 0 fully saturated rings. The van der Waals surface area contributed by atoms with Crippen LogP contribution in [0.4, 0.5) is 0 Å². The van der Waals surface area contributed by atoms with E-state index in [2.05, 4.69) is 145 Å². The van der Waals surface area contributed by atoms with Gasteiger partial charge in [-0.05, 0) is 52.1 Å². The Morgan fingerprint density at radius 3 is 1.92 bits per heavy atom. The van der Waals surface area contributed by atoms with Crippen molar-refractivity contribution in [2.45, 2.75) is 6.17 Å². The van der Waals surface area contributed by atoms with Gasteiger partial charge < -0.3 is 9.73 Å². The van der Waals surface area contributed by atoms with Crippen LogP contribution in [0.1, 0.15) is 22.9 Å². The predicted octanol–water partition coefficient (Wildman–Crippen LogP) is 11.8. The van der Waals surface area contributed by atoms with Gasteiger partial charge in [-0.3, -0.25) is 0 Å². The van der Waals surface area contributed by atoms with Crippen LogP contribution in [0.3, 0.4) is 0 Å². The van der Waals surface area contributed by atoms with Gasteiger partial charge in [0.15, 0.2) is 5.84 Å². The Hall–Kier alpha value is -6.30. The summed E-state index contributed by atoms with van der Waals surface area (Å²) in [6.45, 7) is 0. The number of amidine groups is 2. The first-order chi connectivity index (χ1) is 24.8. The number of thiophene rings is 1. The molecule has 10 rings (SSSR count). The summed E-state index contributed by atoms with van der Waals surface area (Å²) >= 11 is 1.81. The summed E-state index contributed by atoms with van der Waals surface area (Å²) < 4.78 is 9.03. The van der Waals surface area contributed by atoms with Crippen molar-refractivity contribution in [3.8, 4) is 22.3 Å². The number of aliphatic imine (C=N–C) groups is 2. The maximum atomic E-state index is 6.53. The van der Waals surface area contributed by atoms with Crippen LogP contribution in [0.2, 0.25) is 0 Å². The summed E-state index contributed by atoms with van der Waals surface area (Å²) in [5.74, 6) is 1.47. The molecule has 1 aliphatic rings. The van der Waals surface area contributed by atoms with E-state index < -0.39 is 0 Å². The molecule has 1 unspecified atom stereocenters. The monoisotopic (exact) mass is 659 g/mol. The zero-order valence-electron chi connectivity index (χ0n) is 26.9. The van der Waals surface area contributed by atoms with Crippen molar-refractivity contribution < 1.29 is 4.42 Å². The molecule has 0 radical (unpaired) electrons. The SMILES string of the molecule is c1ccc(-c2ccc(-c3cccc4oc5cccc(C6=NC(c7ccc8c(c7)sc7ccccc78)=NC(c7ccccc7)N6)c5c34)cc2)cc1. The van der Waals surface area contributed by atoms with E-state index in [9.17, 15) is 0 Å². The van der Waals surface area contributed by atoms with E-state index in [-0.39, 0.29) is 6.17 Å². The van der Waals surface area contributed by atoms with Gasteiger partial charge in [0.05, 0.1) is 0 Å². The Balaban J connectivity index is 1.14. The second kappa shape index (κ2) is 11.7. The summed E-state index contributed by atoms with van der Waals surface area (Å²) in [5, 5.41) is 8.34. The van der Waals surface area contributed by atoms with E-state index >= 15 is 0 Å². The van der Waals surface area contributed by atoms with Gasteiger partial charge in [-0.1, -0.05) is 140 Å². The molecule has 1 aliphatic heterocycles. The zero-order chi connectivity index (χ0) is 33.0. The maximum Gasteiger partial charge on any atom is 0.159 e. The highest BCUT2D eigenvalue weighted by molar-refractivity contribution is 7.25. The van der Waals surface area contributed by atoms with E-state index in [0.717, 1.165) is 55.6 Å². The van der Waals surface area contributed by atoms with Crippen molar-refractivity contribution in [3.63, 3.8) is 0 Å². The third kappa shape index (κ3) is 4.82. The number of nitrogens with one attached hydrogen (secondary N) is 1. The molecule has 4 nitrogen and oxygen atoms in total. The number of furan rings is 1. The number of benzene rings is 7. The van der Waals surface area contributed by atoms with Crippen molar-refractivity contribution in [1.82, 2.24) is 5.32 Å². The topological polar surface area (TPSA) is 49.9 Å². The standard InChI is InChI=1S/C45H29N3OS/c1-3-11-28(12-4-1)29-21-23-30(24-22-29)33-16-9-18-37-41(33)42-36(17-10-19-38(42)49-37)45-47-43(31-13-5-2-6-14-31)46-44(48-45)32-25-26-35-34-15-7-8-20-39(34)50-40(35)27-32/h1-27,43H,(H,46,47,48). The van der Waals surface area contributed by atoms with Crippen LogP contribution in [0.5, 0.6) is 0 Å². The molecule has 0 saturated carbocycles. The van der Waals surface area contributed by atoms with Crippen molar-refractivity contribution in [2.75, 3.05) is 0 Å². The molecule has 0 bridgehead atoms. The normalized spacial score (nSPS) is 14.6. The fourth-order valence-corrected chi connectivity index (χ4v) is 8.31. The Morgan fingerprint density at radius 2 is 1.12 bits per heavy atom. The summed E-state index contributed by atoms with van der Waals surface area (Å²) in [4.78, 5) is 10.4. The highest BCUT2D eigenvalue weighted by Gasteiger charge is 2.25. The molecular formula is C45H29N3OS. The third-order valence-corrected chi connectivity index (χ3v) is 10.7. The molecule has 0 amide bonds. The molecule has 2 aromatic heterocycles. The average molecular weight is 660 g/mol. The summed E-state index contributed by atoms with van der Waals surface area (Å²) in [7, 11) is 0. The van der Waals surface area contributed by atoms with Gasteiger partial charge in [0.1, 0.15) is 23.2 Å². The zero-order valence-corrected chi connectivity index (χ0v) is 27.7. The molecule has 236 valence electrons. The molecule has 3 heterocycles. The highest BCUT2D eigenvalue weighted by atomic mass is 32.1. The van der Waals surface area contributed by atoms with Gasteiger partial charge in [0, 0.05) is 42.1 Å². The number of rotatable bonds is 5. The minimum atomic E-state index is -0.310. The second-order valence-electron chi connectivity index (χ2n) is 12.6. The first-order valence-electron chi connectivity index (χ1n) is 16.8. The molecule has 0 aliphatic carbocycles. The lowest BCUT2D eigenvalue weighted by molar-refractivity contribution is 0.668. The number of hydrogen-bond donors (Lipinski definition) is 1. The molecule has 5 heteroatoms. The summed E-state index contributed by atoms with van der Waals surface area (Å²) in [6, 6.07) is 57.4. The lowest BCUT2D eigenvalue weighted by Crippen LogP contribution is -2.33.